The van der Waals surface area contributed by atoms with Crippen molar-refractivity contribution >= 4 is 23.4 Å². The number of benzene rings is 2. The molecule has 0 bridgehead atoms. The van der Waals surface area contributed by atoms with Crippen molar-refractivity contribution < 1.29 is 14.8 Å². The monoisotopic (exact) mass is 258 g/mol. The van der Waals surface area contributed by atoms with Gasteiger partial charge >= 0.3 is 7.12 Å². The van der Waals surface area contributed by atoms with Crippen molar-refractivity contribution in [1.29, 1.82) is 0 Å². The Balaban J connectivity index is 2.35. The molecule has 0 fully saturated rings. The van der Waals surface area contributed by atoms with Crippen LogP contribution in [0.15, 0.2) is 36.4 Å². The molecule has 0 saturated heterocycles. The van der Waals surface area contributed by atoms with Crippen LogP contribution in [-0.2, 0) is 0 Å². The number of fused-ring (bicyclic) bond motifs is 1. The molecule has 2 N–H and O–H groups in total. The fourth-order valence-electron chi connectivity index (χ4n) is 2.07. The predicted octanol–water partition coefficient (Wildman–Crippen LogP) is 1.94. The third-order valence-corrected chi connectivity index (χ3v) is 3.14. The fraction of sp³-hybridized carbons (Fsp3) is 0.333. The second-order valence-corrected chi connectivity index (χ2v) is 5.10. The summed E-state index contributed by atoms with van der Waals surface area (Å²) in [7, 11) is -1.53. The first kappa shape index (κ1) is 13.9. The molecule has 0 aromatic heterocycles. The van der Waals surface area contributed by atoms with E-state index < -0.39 is 7.12 Å². The molecule has 0 heterocycles. The van der Waals surface area contributed by atoms with Crippen LogP contribution in [-0.4, -0.2) is 23.8 Å². The Labute approximate surface area is 114 Å². The van der Waals surface area contributed by atoms with Crippen LogP contribution < -0.4 is 10.2 Å². The average Bonchev–Trinajstić information content (AvgIpc) is 2.37. The standard InChI is InChI=1S/C15H19BO3/c1-11(2)9-10-19-14-8-7-12-5-3-4-6-13(12)15(14)16(17)18/h3-8,11,17-18H,9-10H2,1-2H3. The molecule has 0 aliphatic carbocycles. The number of hydrogen-bond acceptors (Lipinski definition) is 3. The molecule has 2 rings (SSSR count). The van der Waals surface area contributed by atoms with Crippen LogP contribution in [0.2, 0.25) is 0 Å². The van der Waals surface area contributed by atoms with E-state index in [1.165, 1.54) is 0 Å². The van der Waals surface area contributed by atoms with Crippen LogP contribution >= 0.6 is 0 Å². The van der Waals surface area contributed by atoms with Gasteiger partial charge in [-0.15, -0.1) is 0 Å². The van der Waals surface area contributed by atoms with Gasteiger partial charge in [-0.25, -0.2) is 0 Å². The van der Waals surface area contributed by atoms with E-state index in [2.05, 4.69) is 13.8 Å². The summed E-state index contributed by atoms with van der Waals surface area (Å²) in [5, 5.41) is 21.0. The second-order valence-electron chi connectivity index (χ2n) is 5.10. The minimum Gasteiger partial charge on any atom is -0.494 e. The molecule has 0 amide bonds. The lowest BCUT2D eigenvalue weighted by molar-refractivity contribution is 0.290. The van der Waals surface area contributed by atoms with Crippen molar-refractivity contribution in [2.24, 2.45) is 5.92 Å². The van der Waals surface area contributed by atoms with Gasteiger partial charge in [-0.3, -0.25) is 0 Å². The summed E-state index contributed by atoms with van der Waals surface area (Å²) in [6.45, 7) is 4.84. The van der Waals surface area contributed by atoms with E-state index in [1.54, 1.807) is 6.07 Å². The van der Waals surface area contributed by atoms with Crippen LogP contribution in [0.1, 0.15) is 20.3 Å². The predicted molar refractivity (Wildman–Crippen MR) is 78.7 cm³/mol. The Bertz CT molecular complexity index is 552. The van der Waals surface area contributed by atoms with E-state index in [9.17, 15) is 10.0 Å². The van der Waals surface area contributed by atoms with Crippen molar-refractivity contribution in [2.45, 2.75) is 20.3 Å². The maximum atomic E-state index is 9.59. The largest absolute Gasteiger partial charge is 0.494 e. The third-order valence-electron chi connectivity index (χ3n) is 3.14. The van der Waals surface area contributed by atoms with Gasteiger partial charge in [0.2, 0.25) is 0 Å². The van der Waals surface area contributed by atoms with Crippen molar-refractivity contribution in [3.8, 4) is 5.75 Å². The molecule has 4 heteroatoms. The zero-order valence-electron chi connectivity index (χ0n) is 11.3. The van der Waals surface area contributed by atoms with Crippen LogP contribution in [0.3, 0.4) is 0 Å². The Kier molecular flexibility index (Phi) is 4.45. The topological polar surface area (TPSA) is 49.7 Å². The first-order valence-electron chi connectivity index (χ1n) is 6.60. The molecule has 100 valence electrons. The van der Waals surface area contributed by atoms with E-state index in [0.29, 0.717) is 23.7 Å². The Morgan fingerprint density at radius 1 is 1.11 bits per heavy atom. The molecule has 2 aromatic carbocycles. The Morgan fingerprint density at radius 2 is 1.84 bits per heavy atom. The minimum atomic E-state index is -1.53. The minimum absolute atomic E-state index is 0.446. The van der Waals surface area contributed by atoms with E-state index in [-0.39, 0.29) is 0 Å². The van der Waals surface area contributed by atoms with Gasteiger partial charge in [0.1, 0.15) is 5.75 Å². The van der Waals surface area contributed by atoms with Crippen molar-refractivity contribution in [3.05, 3.63) is 36.4 Å². The molecule has 0 unspecified atom stereocenters. The summed E-state index contributed by atoms with van der Waals surface area (Å²) in [4.78, 5) is 0. The van der Waals surface area contributed by atoms with Gasteiger partial charge in [0.05, 0.1) is 6.61 Å². The van der Waals surface area contributed by atoms with Gasteiger partial charge in [0.25, 0.3) is 0 Å². The zero-order valence-corrected chi connectivity index (χ0v) is 11.3. The SMILES string of the molecule is CC(C)CCOc1ccc2ccccc2c1B(O)O. The zero-order chi connectivity index (χ0) is 13.8. The summed E-state index contributed by atoms with van der Waals surface area (Å²) in [5.41, 5.74) is 0.446. The molecule has 0 saturated carbocycles. The van der Waals surface area contributed by atoms with Crippen LogP contribution in [0.5, 0.6) is 5.75 Å². The Hall–Kier alpha value is -1.52. The van der Waals surface area contributed by atoms with E-state index in [4.69, 9.17) is 4.74 Å². The second kappa shape index (κ2) is 6.09. The van der Waals surface area contributed by atoms with Crippen LogP contribution in [0, 0.1) is 5.92 Å². The Morgan fingerprint density at radius 3 is 2.53 bits per heavy atom. The van der Waals surface area contributed by atoms with Gasteiger partial charge in [-0.1, -0.05) is 44.2 Å². The molecule has 0 aliphatic heterocycles. The number of ether oxygens (including phenoxy) is 1. The van der Waals surface area contributed by atoms with Gasteiger partial charge in [-0.05, 0) is 29.2 Å². The van der Waals surface area contributed by atoms with Crippen LogP contribution in [0.25, 0.3) is 10.8 Å². The molecule has 0 spiro atoms. The molecule has 0 radical (unpaired) electrons. The number of rotatable bonds is 5. The van der Waals surface area contributed by atoms with E-state index in [0.717, 1.165) is 17.2 Å². The van der Waals surface area contributed by atoms with Crippen LogP contribution in [0.4, 0.5) is 0 Å². The third kappa shape index (κ3) is 3.28. The summed E-state index contributed by atoms with van der Waals surface area (Å²) in [5.74, 6) is 1.11. The summed E-state index contributed by atoms with van der Waals surface area (Å²) >= 11 is 0. The normalized spacial score (nSPS) is 11.0. The van der Waals surface area contributed by atoms with Gasteiger partial charge in [0, 0.05) is 5.46 Å². The molecule has 0 aliphatic rings. The average molecular weight is 258 g/mol. The van der Waals surface area contributed by atoms with Crippen molar-refractivity contribution in [1.82, 2.24) is 0 Å². The summed E-state index contributed by atoms with van der Waals surface area (Å²) in [6.07, 6.45) is 0.938. The number of hydrogen-bond donors (Lipinski definition) is 2. The first-order chi connectivity index (χ1) is 9.09. The molecular formula is C15H19BO3. The molecule has 3 nitrogen and oxygen atoms in total. The molecule has 0 atom stereocenters. The first-order valence-corrected chi connectivity index (χ1v) is 6.60. The maximum Gasteiger partial charge on any atom is 0.492 e. The smallest absolute Gasteiger partial charge is 0.492 e. The highest BCUT2D eigenvalue weighted by molar-refractivity contribution is 6.63. The lowest BCUT2D eigenvalue weighted by atomic mass is 9.76. The molecular weight excluding hydrogens is 239 g/mol. The molecule has 19 heavy (non-hydrogen) atoms. The highest BCUT2D eigenvalue weighted by Crippen LogP contribution is 2.19. The highest BCUT2D eigenvalue weighted by atomic mass is 16.5. The van der Waals surface area contributed by atoms with Gasteiger partial charge in [0.15, 0.2) is 0 Å². The fourth-order valence-corrected chi connectivity index (χ4v) is 2.07. The lowest BCUT2D eigenvalue weighted by Crippen LogP contribution is -2.32. The summed E-state index contributed by atoms with van der Waals surface area (Å²) < 4.78 is 5.70. The van der Waals surface area contributed by atoms with Gasteiger partial charge in [-0.2, -0.15) is 0 Å². The lowest BCUT2D eigenvalue weighted by Gasteiger charge is -2.14. The summed E-state index contributed by atoms with van der Waals surface area (Å²) in [6, 6.07) is 11.4. The van der Waals surface area contributed by atoms with Crippen molar-refractivity contribution in [2.75, 3.05) is 6.61 Å². The van der Waals surface area contributed by atoms with Crippen molar-refractivity contribution in [3.63, 3.8) is 0 Å². The van der Waals surface area contributed by atoms with E-state index >= 15 is 0 Å². The van der Waals surface area contributed by atoms with Gasteiger partial charge < -0.3 is 14.8 Å². The quantitative estimate of drug-likeness (QED) is 0.806. The highest BCUT2D eigenvalue weighted by Gasteiger charge is 2.20. The molecule has 2 aromatic rings. The van der Waals surface area contributed by atoms with E-state index in [1.807, 2.05) is 30.3 Å². The maximum absolute atomic E-state index is 9.59.